The zero-order chi connectivity index (χ0) is 15.1. The standard InChI is InChI=1S/C13H5Cl2FN4S/c14-6-1-5(3-17)2-7(15)9(6)13-20-10-8(16)4-19-12(18)11(10)21-13/h1-2,4H,(H2,18,19). The molecule has 3 aromatic rings. The summed E-state index contributed by atoms with van der Waals surface area (Å²) in [6, 6.07) is 4.91. The molecule has 0 aliphatic carbocycles. The van der Waals surface area contributed by atoms with Crippen molar-refractivity contribution in [1.29, 1.82) is 5.26 Å². The monoisotopic (exact) mass is 338 g/mol. The van der Waals surface area contributed by atoms with Crippen molar-refractivity contribution in [3.05, 3.63) is 39.8 Å². The minimum Gasteiger partial charge on any atom is -0.382 e. The predicted molar refractivity (Wildman–Crippen MR) is 82.0 cm³/mol. The molecule has 0 radical (unpaired) electrons. The highest BCUT2D eigenvalue weighted by Gasteiger charge is 2.18. The van der Waals surface area contributed by atoms with E-state index in [1.807, 2.05) is 6.07 Å². The van der Waals surface area contributed by atoms with Gasteiger partial charge in [0.05, 0.1) is 27.9 Å². The molecular formula is C13H5Cl2FN4S. The Kier molecular flexibility index (Phi) is 3.41. The number of nitrogens with zero attached hydrogens (tertiary/aromatic N) is 3. The fourth-order valence-corrected chi connectivity index (χ4v) is 3.68. The van der Waals surface area contributed by atoms with Crippen LogP contribution in [0.5, 0.6) is 0 Å². The summed E-state index contributed by atoms with van der Waals surface area (Å²) >= 11 is 13.4. The van der Waals surface area contributed by atoms with E-state index in [0.29, 0.717) is 20.8 Å². The molecular weight excluding hydrogens is 334 g/mol. The van der Waals surface area contributed by atoms with Gasteiger partial charge in [0, 0.05) is 5.56 Å². The first-order valence-electron chi connectivity index (χ1n) is 5.61. The number of aromatic nitrogens is 2. The lowest BCUT2D eigenvalue weighted by molar-refractivity contribution is 0.632. The number of rotatable bonds is 1. The van der Waals surface area contributed by atoms with Crippen molar-refractivity contribution in [2.24, 2.45) is 0 Å². The molecule has 8 heteroatoms. The summed E-state index contributed by atoms with van der Waals surface area (Å²) in [5, 5.41) is 9.84. The molecule has 1 aromatic carbocycles. The maximum absolute atomic E-state index is 13.7. The topological polar surface area (TPSA) is 75.6 Å². The normalized spacial score (nSPS) is 10.8. The van der Waals surface area contributed by atoms with Gasteiger partial charge in [-0.05, 0) is 12.1 Å². The van der Waals surface area contributed by atoms with Gasteiger partial charge in [-0.2, -0.15) is 5.26 Å². The van der Waals surface area contributed by atoms with Gasteiger partial charge in [-0.1, -0.05) is 23.2 Å². The highest BCUT2D eigenvalue weighted by atomic mass is 35.5. The number of anilines is 1. The van der Waals surface area contributed by atoms with E-state index in [1.54, 1.807) is 0 Å². The number of hydrogen-bond acceptors (Lipinski definition) is 5. The van der Waals surface area contributed by atoms with Crippen LogP contribution < -0.4 is 5.73 Å². The molecule has 0 spiro atoms. The van der Waals surface area contributed by atoms with Gasteiger partial charge in [0.15, 0.2) is 5.82 Å². The van der Waals surface area contributed by atoms with Crippen LogP contribution in [0.2, 0.25) is 10.0 Å². The van der Waals surface area contributed by atoms with Crippen molar-refractivity contribution < 1.29 is 4.39 Å². The predicted octanol–water partition coefficient (Wildman–Crippen LogP) is 4.26. The highest BCUT2D eigenvalue weighted by molar-refractivity contribution is 7.22. The van der Waals surface area contributed by atoms with E-state index in [4.69, 9.17) is 34.2 Å². The molecule has 2 aromatic heterocycles. The Morgan fingerprint density at radius 1 is 1.29 bits per heavy atom. The first kappa shape index (κ1) is 14.0. The lowest BCUT2D eigenvalue weighted by Crippen LogP contribution is -1.91. The van der Waals surface area contributed by atoms with Gasteiger partial charge in [-0.3, -0.25) is 0 Å². The quantitative estimate of drug-likeness (QED) is 0.719. The molecule has 2 N–H and O–H groups in total. The number of fused-ring (bicyclic) bond motifs is 1. The van der Waals surface area contributed by atoms with Crippen molar-refractivity contribution in [3.63, 3.8) is 0 Å². The zero-order valence-electron chi connectivity index (χ0n) is 10.2. The van der Waals surface area contributed by atoms with Gasteiger partial charge < -0.3 is 5.73 Å². The Balaban J connectivity index is 2.29. The summed E-state index contributed by atoms with van der Waals surface area (Å²) in [7, 11) is 0. The van der Waals surface area contributed by atoms with Crippen LogP contribution in [0.3, 0.4) is 0 Å². The molecule has 21 heavy (non-hydrogen) atoms. The second kappa shape index (κ2) is 5.11. The van der Waals surface area contributed by atoms with Crippen LogP contribution in [-0.2, 0) is 0 Å². The fraction of sp³-hybridized carbons (Fsp3) is 0. The molecule has 0 bridgehead atoms. The SMILES string of the molecule is N#Cc1cc(Cl)c(-c2nc3c(F)cnc(N)c3s2)c(Cl)c1. The van der Waals surface area contributed by atoms with Crippen molar-refractivity contribution in [2.75, 3.05) is 5.73 Å². The summed E-state index contributed by atoms with van der Waals surface area (Å²) in [5.74, 6) is -0.376. The number of nitrogens with two attached hydrogens (primary N) is 1. The van der Waals surface area contributed by atoms with Gasteiger partial charge in [-0.25, -0.2) is 14.4 Å². The van der Waals surface area contributed by atoms with Gasteiger partial charge in [0.1, 0.15) is 21.0 Å². The summed E-state index contributed by atoms with van der Waals surface area (Å²) in [4.78, 5) is 7.94. The van der Waals surface area contributed by atoms with Crippen LogP contribution in [0.4, 0.5) is 10.2 Å². The maximum atomic E-state index is 13.7. The fourth-order valence-electron chi connectivity index (χ4n) is 1.85. The smallest absolute Gasteiger partial charge is 0.168 e. The number of pyridine rings is 1. The molecule has 0 aliphatic rings. The Morgan fingerprint density at radius 3 is 2.52 bits per heavy atom. The minimum absolute atomic E-state index is 0.124. The number of thiazole rings is 1. The zero-order valence-corrected chi connectivity index (χ0v) is 12.5. The largest absolute Gasteiger partial charge is 0.382 e. The molecule has 2 heterocycles. The molecule has 4 nitrogen and oxygen atoms in total. The third-order valence-corrected chi connectivity index (χ3v) is 4.48. The number of halogens is 3. The molecule has 0 amide bonds. The molecule has 0 atom stereocenters. The molecule has 0 saturated carbocycles. The number of nitrogen functional groups attached to an aromatic ring is 1. The number of hydrogen-bond donors (Lipinski definition) is 1. The Hall–Kier alpha value is -1.94. The van der Waals surface area contributed by atoms with Crippen molar-refractivity contribution in [1.82, 2.24) is 9.97 Å². The lowest BCUT2D eigenvalue weighted by atomic mass is 10.1. The van der Waals surface area contributed by atoms with Gasteiger partial charge in [-0.15, -0.1) is 11.3 Å². The molecule has 104 valence electrons. The Labute approximate surface area is 132 Å². The van der Waals surface area contributed by atoms with E-state index in [-0.39, 0.29) is 21.4 Å². The summed E-state index contributed by atoms with van der Waals surface area (Å²) in [6.07, 6.45) is 1.02. The average molecular weight is 339 g/mol. The summed E-state index contributed by atoms with van der Waals surface area (Å²) in [5.41, 5.74) is 6.62. The third-order valence-electron chi connectivity index (χ3n) is 2.79. The van der Waals surface area contributed by atoms with Crippen molar-refractivity contribution in [2.45, 2.75) is 0 Å². The van der Waals surface area contributed by atoms with E-state index < -0.39 is 5.82 Å². The van der Waals surface area contributed by atoms with Crippen molar-refractivity contribution >= 4 is 50.6 Å². The number of benzene rings is 1. The number of nitriles is 1. The second-order valence-electron chi connectivity index (χ2n) is 4.11. The van der Waals surface area contributed by atoms with E-state index >= 15 is 0 Å². The third kappa shape index (κ3) is 2.29. The molecule has 0 unspecified atom stereocenters. The summed E-state index contributed by atoms with van der Waals surface area (Å²) < 4.78 is 14.2. The van der Waals surface area contributed by atoms with E-state index in [9.17, 15) is 4.39 Å². The molecule has 0 aliphatic heterocycles. The van der Waals surface area contributed by atoms with Crippen molar-refractivity contribution in [3.8, 4) is 16.6 Å². The van der Waals surface area contributed by atoms with E-state index in [0.717, 1.165) is 17.5 Å². The first-order chi connectivity index (χ1) is 10.0. The Morgan fingerprint density at radius 2 is 1.95 bits per heavy atom. The first-order valence-corrected chi connectivity index (χ1v) is 7.18. The van der Waals surface area contributed by atoms with Gasteiger partial charge in [0.25, 0.3) is 0 Å². The Bertz CT molecular complexity index is 854. The van der Waals surface area contributed by atoms with Crippen LogP contribution in [0, 0.1) is 17.1 Å². The average Bonchev–Trinajstić information content (AvgIpc) is 2.88. The van der Waals surface area contributed by atoms with Crippen LogP contribution >= 0.6 is 34.5 Å². The van der Waals surface area contributed by atoms with Crippen LogP contribution in [0.15, 0.2) is 18.3 Å². The molecule has 0 fully saturated rings. The van der Waals surface area contributed by atoms with Gasteiger partial charge >= 0.3 is 0 Å². The summed E-state index contributed by atoms with van der Waals surface area (Å²) in [6.45, 7) is 0. The van der Waals surface area contributed by atoms with Crippen LogP contribution in [-0.4, -0.2) is 9.97 Å². The maximum Gasteiger partial charge on any atom is 0.168 e. The van der Waals surface area contributed by atoms with E-state index in [2.05, 4.69) is 9.97 Å². The molecule has 3 rings (SSSR count). The second-order valence-corrected chi connectivity index (χ2v) is 5.93. The highest BCUT2D eigenvalue weighted by Crippen LogP contribution is 2.41. The van der Waals surface area contributed by atoms with Gasteiger partial charge in [0.2, 0.25) is 0 Å². The van der Waals surface area contributed by atoms with E-state index in [1.165, 1.54) is 12.1 Å². The van der Waals surface area contributed by atoms with Crippen LogP contribution in [0.25, 0.3) is 20.8 Å². The van der Waals surface area contributed by atoms with Crippen LogP contribution in [0.1, 0.15) is 5.56 Å². The minimum atomic E-state index is -0.567. The molecule has 0 saturated heterocycles. The lowest BCUT2D eigenvalue weighted by Gasteiger charge is -2.03.